The molecule has 0 unspecified atom stereocenters. The van der Waals surface area contributed by atoms with E-state index in [1.807, 2.05) is 11.5 Å². The van der Waals surface area contributed by atoms with Gasteiger partial charge in [-0.05, 0) is 19.8 Å². The van der Waals surface area contributed by atoms with Crippen LogP contribution in [0.1, 0.15) is 19.8 Å². The molecule has 1 saturated heterocycles. The van der Waals surface area contributed by atoms with E-state index in [0.717, 1.165) is 31.9 Å². The Balaban J connectivity index is 1.53. The smallest absolute Gasteiger partial charge is 0.321 e. The van der Waals surface area contributed by atoms with Gasteiger partial charge in [-0.25, -0.2) is 4.79 Å². The first-order valence-corrected chi connectivity index (χ1v) is 9.15. The molecular formula is C14H22N6O3S. The SMILES string of the molecule is CCn1c(SCC(=O)NC(=O)NC2CC2)nnc1N1CCOCC1. The molecule has 2 aliphatic rings. The van der Waals surface area contributed by atoms with Crippen molar-refractivity contribution in [2.75, 3.05) is 37.0 Å². The van der Waals surface area contributed by atoms with Crippen molar-refractivity contribution in [3.63, 3.8) is 0 Å². The Morgan fingerprint density at radius 1 is 1.29 bits per heavy atom. The molecule has 1 aliphatic carbocycles. The second-order valence-electron chi connectivity index (χ2n) is 5.71. The van der Waals surface area contributed by atoms with Crippen molar-refractivity contribution in [1.82, 2.24) is 25.4 Å². The van der Waals surface area contributed by atoms with Crippen LogP contribution in [0.25, 0.3) is 0 Å². The van der Waals surface area contributed by atoms with Crippen molar-refractivity contribution in [3.05, 3.63) is 0 Å². The normalized spacial score (nSPS) is 17.6. The summed E-state index contributed by atoms with van der Waals surface area (Å²) in [6.07, 6.45) is 1.97. The number of imide groups is 1. The molecule has 1 aromatic rings. The Morgan fingerprint density at radius 2 is 2.04 bits per heavy atom. The number of aromatic nitrogens is 3. The molecule has 3 amide bonds. The highest BCUT2D eigenvalue weighted by Crippen LogP contribution is 2.22. The van der Waals surface area contributed by atoms with E-state index in [4.69, 9.17) is 4.74 Å². The fourth-order valence-electron chi connectivity index (χ4n) is 2.40. The molecule has 2 fully saturated rings. The van der Waals surface area contributed by atoms with E-state index in [9.17, 15) is 9.59 Å². The number of morpholine rings is 1. The second-order valence-corrected chi connectivity index (χ2v) is 6.65. The fraction of sp³-hybridized carbons (Fsp3) is 0.714. The summed E-state index contributed by atoms with van der Waals surface area (Å²) in [6.45, 7) is 5.65. The number of hydrogen-bond donors (Lipinski definition) is 2. The molecule has 0 atom stereocenters. The monoisotopic (exact) mass is 354 g/mol. The molecule has 24 heavy (non-hydrogen) atoms. The Bertz CT molecular complexity index is 597. The topological polar surface area (TPSA) is 101 Å². The van der Waals surface area contributed by atoms with E-state index in [2.05, 4.69) is 25.7 Å². The predicted octanol–water partition coefficient (Wildman–Crippen LogP) is 0.215. The highest BCUT2D eigenvalue weighted by Gasteiger charge is 2.24. The van der Waals surface area contributed by atoms with Crippen molar-refractivity contribution in [3.8, 4) is 0 Å². The quantitative estimate of drug-likeness (QED) is 0.705. The number of amides is 3. The van der Waals surface area contributed by atoms with Crippen LogP contribution in [-0.4, -0.2) is 64.8 Å². The number of carbonyl (C=O) groups excluding carboxylic acids is 2. The third-order valence-corrected chi connectivity index (χ3v) is 4.77. The number of carbonyl (C=O) groups is 2. The number of hydrogen-bond acceptors (Lipinski definition) is 7. The summed E-state index contributed by atoms with van der Waals surface area (Å²) in [4.78, 5) is 25.5. The standard InChI is InChI=1S/C14H22N6O3S/c1-2-20-13(19-5-7-23-8-6-19)17-18-14(20)24-9-11(21)16-12(22)15-10-3-4-10/h10H,2-9H2,1H3,(H2,15,16,21,22). The average Bonchev–Trinajstić information content (AvgIpc) is 3.29. The average molecular weight is 354 g/mol. The summed E-state index contributed by atoms with van der Waals surface area (Å²) >= 11 is 1.28. The molecule has 0 spiro atoms. The van der Waals surface area contributed by atoms with Gasteiger partial charge in [-0.3, -0.25) is 14.7 Å². The summed E-state index contributed by atoms with van der Waals surface area (Å²) in [5.74, 6) is 0.589. The highest BCUT2D eigenvalue weighted by atomic mass is 32.2. The van der Waals surface area contributed by atoms with E-state index in [0.29, 0.717) is 24.9 Å². The van der Waals surface area contributed by atoms with Crippen LogP contribution in [0.3, 0.4) is 0 Å². The predicted molar refractivity (Wildman–Crippen MR) is 89.1 cm³/mol. The van der Waals surface area contributed by atoms with Crippen LogP contribution >= 0.6 is 11.8 Å². The molecule has 0 radical (unpaired) electrons. The van der Waals surface area contributed by atoms with E-state index in [1.54, 1.807) is 0 Å². The maximum absolute atomic E-state index is 11.9. The maximum atomic E-state index is 11.9. The van der Waals surface area contributed by atoms with Crippen LogP contribution in [0.2, 0.25) is 0 Å². The maximum Gasteiger partial charge on any atom is 0.321 e. The van der Waals surface area contributed by atoms with Crippen LogP contribution in [-0.2, 0) is 16.1 Å². The van der Waals surface area contributed by atoms with Crippen LogP contribution in [0.5, 0.6) is 0 Å². The number of ether oxygens (including phenoxy) is 1. The first kappa shape index (κ1) is 17.0. The number of thioether (sulfide) groups is 1. The van der Waals surface area contributed by atoms with E-state index in [1.165, 1.54) is 11.8 Å². The molecule has 9 nitrogen and oxygen atoms in total. The van der Waals surface area contributed by atoms with Crippen LogP contribution < -0.4 is 15.5 Å². The Kier molecular flexibility index (Phi) is 5.56. The summed E-state index contributed by atoms with van der Waals surface area (Å²) in [7, 11) is 0. The van der Waals surface area contributed by atoms with Crippen molar-refractivity contribution >= 4 is 29.6 Å². The van der Waals surface area contributed by atoms with Gasteiger partial charge in [0, 0.05) is 25.7 Å². The molecular weight excluding hydrogens is 332 g/mol. The first-order valence-electron chi connectivity index (χ1n) is 8.16. The van der Waals surface area contributed by atoms with Gasteiger partial charge in [-0.15, -0.1) is 10.2 Å². The summed E-state index contributed by atoms with van der Waals surface area (Å²) < 4.78 is 7.33. The largest absolute Gasteiger partial charge is 0.378 e. The lowest BCUT2D eigenvalue weighted by atomic mass is 10.4. The van der Waals surface area contributed by atoms with Gasteiger partial charge in [0.1, 0.15) is 0 Å². The van der Waals surface area contributed by atoms with Gasteiger partial charge in [0.2, 0.25) is 11.9 Å². The Hall–Kier alpha value is -1.81. The van der Waals surface area contributed by atoms with Crippen molar-refractivity contribution in [2.45, 2.75) is 37.5 Å². The van der Waals surface area contributed by atoms with Crippen LogP contribution in [0, 0.1) is 0 Å². The molecule has 3 rings (SSSR count). The number of anilines is 1. The van der Waals surface area contributed by atoms with Gasteiger partial charge in [0.25, 0.3) is 0 Å². The molecule has 0 bridgehead atoms. The Labute approximate surface area is 144 Å². The van der Waals surface area contributed by atoms with E-state index >= 15 is 0 Å². The third kappa shape index (κ3) is 4.38. The number of urea groups is 1. The van der Waals surface area contributed by atoms with Crippen molar-refractivity contribution in [2.24, 2.45) is 0 Å². The lowest BCUT2D eigenvalue weighted by Gasteiger charge is -2.27. The minimum atomic E-state index is -0.422. The minimum absolute atomic E-state index is 0.124. The summed E-state index contributed by atoms with van der Waals surface area (Å²) in [5.41, 5.74) is 0. The zero-order valence-corrected chi connectivity index (χ0v) is 14.5. The molecule has 1 aliphatic heterocycles. The van der Waals surface area contributed by atoms with Gasteiger partial charge < -0.3 is 15.0 Å². The summed E-state index contributed by atoms with van der Waals surface area (Å²) in [5, 5.41) is 14.2. The number of nitrogens with zero attached hydrogens (tertiary/aromatic N) is 4. The first-order chi connectivity index (χ1) is 11.7. The van der Waals surface area contributed by atoms with Gasteiger partial charge in [0.05, 0.1) is 19.0 Å². The molecule has 0 aromatic carbocycles. The Morgan fingerprint density at radius 3 is 2.71 bits per heavy atom. The van der Waals surface area contributed by atoms with Crippen molar-refractivity contribution in [1.29, 1.82) is 0 Å². The molecule has 1 saturated carbocycles. The zero-order valence-electron chi connectivity index (χ0n) is 13.7. The zero-order chi connectivity index (χ0) is 16.9. The number of rotatable bonds is 6. The van der Waals surface area contributed by atoms with Gasteiger partial charge in [0.15, 0.2) is 5.16 Å². The minimum Gasteiger partial charge on any atom is -0.378 e. The second kappa shape index (κ2) is 7.84. The lowest BCUT2D eigenvalue weighted by molar-refractivity contribution is -0.117. The molecule has 10 heteroatoms. The van der Waals surface area contributed by atoms with Crippen molar-refractivity contribution < 1.29 is 14.3 Å². The molecule has 132 valence electrons. The van der Waals surface area contributed by atoms with Crippen LogP contribution in [0.15, 0.2) is 5.16 Å². The van der Waals surface area contributed by atoms with E-state index < -0.39 is 6.03 Å². The molecule has 2 N–H and O–H groups in total. The summed E-state index contributed by atoms with van der Waals surface area (Å²) in [6, 6.07) is -0.196. The molecule has 2 heterocycles. The molecule has 1 aromatic heterocycles. The third-order valence-electron chi connectivity index (χ3n) is 3.81. The van der Waals surface area contributed by atoms with Gasteiger partial charge in [-0.2, -0.15) is 0 Å². The lowest BCUT2D eigenvalue weighted by Crippen LogP contribution is -2.41. The van der Waals surface area contributed by atoms with Crippen LogP contribution in [0.4, 0.5) is 10.7 Å². The number of nitrogens with one attached hydrogen (secondary N) is 2. The van der Waals surface area contributed by atoms with Gasteiger partial charge >= 0.3 is 6.03 Å². The highest BCUT2D eigenvalue weighted by molar-refractivity contribution is 7.99. The fourth-order valence-corrected chi connectivity index (χ4v) is 3.20. The van der Waals surface area contributed by atoms with Gasteiger partial charge in [-0.1, -0.05) is 11.8 Å². The van der Waals surface area contributed by atoms with E-state index in [-0.39, 0.29) is 17.7 Å².